The first-order valence-corrected chi connectivity index (χ1v) is 9.84. The number of piperazine rings is 1. The van der Waals surface area contributed by atoms with E-state index in [9.17, 15) is 5.11 Å². The van der Waals surface area contributed by atoms with Crippen molar-refractivity contribution in [1.29, 1.82) is 0 Å². The molecule has 6 heteroatoms. The fraction of sp³-hybridized carbons (Fsp3) is 1.00. The van der Waals surface area contributed by atoms with Crippen molar-refractivity contribution in [2.75, 3.05) is 85.7 Å². The number of morpholine rings is 1. The zero-order chi connectivity index (χ0) is 16.8. The van der Waals surface area contributed by atoms with Crippen molar-refractivity contribution in [2.24, 2.45) is 0 Å². The highest BCUT2D eigenvalue weighted by Gasteiger charge is 2.25. The van der Waals surface area contributed by atoms with Crippen molar-refractivity contribution in [3.63, 3.8) is 0 Å². The van der Waals surface area contributed by atoms with Crippen LogP contribution in [0.2, 0.25) is 0 Å². The lowest BCUT2D eigenvalue weighted by Gasteiger charge is -2.40. The maximum Gasteiger partial charge on any atom is 0.0793 e. The van der Waals surface area contributed by atoms with Crippen LogP contribution in [0.5, 0.6) is 0 Å². The summed E-state index contributed by atoms with van der Waals surface area (Å²) in [7, 11) is 2.28. The van der Waals surface area contributed by atoms with Gasteiger partial charge in [-0.1, -0.05) is 6.42 Å². The number of hydrogen-bond donors (Lipinski definition) is 1. The van der Waals surface area contributed by atoms with Gasteiger partial charge < -0.3 is 14.7 Å². The van der Waals surface area contributed by atoms with Crippen LogP contribution in [-0.2, 0) is 4.74 Å². The zero-order valence-corrected chi connectivity index (χ0v) is 15.4. The van der Waals surface area contributed by atoms with Crippen molar-refractivity contribution in [3.05, 3.63) is 0 Å². The van der Waals surface area contributed by atoms with Crippen molar-refractivity contribution in [3.8, 4) is 0 Å². The molecule has 0 aromatic rings. The number of aliphatic hydroxyl groups is 1. The van der Waals surface area contributed by atoms with E-state index in [2.05, 4.69) is 26.6 Å². The molecule has 3 aliphatic rings. The standard InChI is InChI=1S/C18H36N4O2/c1-19-5-3-2-4-17(19)14-20-6-8-21(9-7-20)15-18(23)16-22-10-12-24-13-11-22/h17-18,23H,2-16H2,1H3/t17-,18+/m0/s1. The average molecular weight is 341 g/mol. The predicted molar refractivity (Wildman–Crippen MR) is 96.4 cm³/mol. The van der Waals surface area contributed by atoms with Crippen LogP contribution in [-0.4, -0.2) is 123 Å². The normalized spacial score (nSPS) is 30.5. The van der Waals surface area contributed by atoms with Gasteiger partial charge in [0.1, 0.15) is 0 Å². The van der Waals surface area contributed by atoms with Gasteiger partial charge in [0.25, 0.3) is 0 Å². The molecule has 140 valence electrons. The Hall–Kier alpha value is -0.240. The van der Waals surface area contributed by atoms with Gasteiger partial charge in [0.2, 0.25) is 0 Å². The molecule has 0 spiro atoms. The number of likely N-dealkylation sites (N-methyl/N-ethyl adjacent to an activating group) is 1. The Morgan fingerprint density at radius 3 is 2.17 bits per heavy atom. The molecular weight excluding hydrogens is 304 g/mol. The fourth-order valence-electron chi connectivity index (χ4n) is 4.26. The molecule has 3 aliphatic heterocycles. The number of likely N-dealkylation sites (tertiary alicyclic amines) is 1. The second-order valence-corrected chi connectivity index (χ2v) is 7.80. The Bertz CT molecular complexity index is 357. The summed E-state index contributed by atoms with van der Waals surface area (Å²) in [5.41, 5.74) is 0. The highest BCUT2D eigenvalue weighted by molar-refractivity contribution is 4.82. The number of ether oxygens (including phenoxy) is 1. The highest BCUT2D eigenvalue weighted by atomic mass is 16.5. The lowest BCUT2D eigenvalue weighted by atomic mass is 10.0. The van der Waals surface area contributed by atoms with Gasteiger partial charge in [-0.15, -0.1) is 0 Å². The molecule has 1 N–H and O–H groups in total. The van der Waals surface area contributed by atoms with Gasteiger partial charge in [-0.3, -0.25) is 14.7 Å². The smallest absolute Gasteiger partial charge is 0.0793 e. The third kappa shape index (κ3) is 5.64. The van der Waals surface area contributed by atoms with Crippen LogP contribution in [0.3, 0.4) is 0 Å². The molecule has 0 unspecified atom stereocenters. The second-order valence-electron chi connectivity index (χ2n) is 7.80. The van der Waals surface area contributed by atoms with Crippen LogP contribution in [0.4, 0.5) is 0 Å². The SMILES string of the molecule is CN1CCCC[C@H]1CN1CCN(C[C@@H](O)CN2CCOCC2)CC1. The summed E-state index contributed by atoms with van der Waals surface area (Å²) in [4.78, 5) is 9.93. The Balaban J connectivity index is 1.32. The van der Waals surface area contributed by atoms with E-state index >= 15 is 0 Å². The number of β-amino-alcohol motifs (C(OH)–C–C–N with tert-alkyl or cyclic N) is 1. The first kappa shape index (κ1) is 18.5. The zero-order valence-electron chi connectivity index (χ0n) is 15.4. The summed E-state index contributed by atoms with van der Waals surface area (Å²) in [5, 5.41) is 10.4. The number of rotatable bonds is 6. The van der Waals surface area contributed by atoms with Crippen LogP contribution in [0.25, 0.3) is 0 Å². The number of nitrogens with zero attached hydrogens (tertiary/aromatic N) is 4. The second kappa shape index (κ2) is 9.46. The molecular formula is C18H36N4O2. The molecule has 0 aromatic heterocycles. The summed E-state index contributed by atoms with van der Waals surface area (Å²) >= 11 is 0. The van der Waals surface area contributed by atoms with Crippen molar-refractivity contribution >= 4 is 0 Å². The molecule has 2 atom stereocenters. The van der Waals surface area contributed by atoms with Crippen molar-refractivity contribution in [1.82, 2.24) is 19.6 Å². The number of aliphatic hydroxyl groups excluding tert-OH is 1. The van der Waals surface area contributed by atoms with Crippen LogP contribution in [0, 0.1) is 0 Å². The molecule has 3 saturated heterocycles. The van der Waals surface area contributed by atoms with Crippen molar-refractivity contribution < 1.29 is 9.84 Å². The van der Waals surface area contributed by atoms with Gasteiger partial charge in [-0.25, -0.2) is 0 Å². The minimum Gasteiger partial charge on any atom is -0.390 e. The molecule has 3 rings (SSSR count). The quantitative estimate of drug-likeness (QED) is 0.721. The van der Waals surface area contributed by atoms with Gasteiger partial charge >= 0.3 is 0 Å². The monoisotopic (exact) mass is 340 g/mol. The minimum atomic E-state index is -0.237. The summed E-state index contributed by atoms with van der Waals surface area (Å²) in [5.74, 6) is 0. The van der Waals surface area contributed by atoms with Gasteiger partial charge in [0.15, 0.2) is 0 Å². The van der Waals surface area contributed by atoms with Crippen LogP contribution < -0.4 is 0 Å². The predicted octanol–water partition coefficient (Wildman–Crippen LogP) is -0.219. The Morgan fingerprint density at radius 2 is 1.50 bits per heavy atom. The van der Waals surface area contributed by atoms with E-state index < -0.39 is 0 Å². The average Bonchev–Trinajstić information content (AvgIpc) is 2.59. The molecule has 0 aliphatic carbocycles. The van der Waals surface area contributed by atoms with Crippen LogP contribution in [0.1, 0.15) is 19.3 Å². The molecule has 0 aromatic carbocycles. The fourth-order valence-corrected chi connectivity index (χ4v) is 4.26. The maximum atomic E-state index is 10.4. The van der Waals surface area contributed by atoms with E-state index in [1.165, 1.54) is 32.4 Å². The van der Waals surface area contributed by atoms with E-state index in [0.29, 0.717) is 0 Å². The summed E-state index contributed by atoms with van der Waals surface area (Å²) in [6.45, 7) is 12.1. The van der Waals surface area contributed by atoms with Gasteiger partial charge in [0.05, 0.1) is 19.3 Å². The third-order valence-corrected chi connectivity index (χ3v) is 5.90. The highest BCUT2D eigenvalue weighted by Crippen LogP contribution is 2.17. The summed E-state index contributed by atoms with van der Waals surface area (Å²) in [6, 6.07) is 0.747. The summed E-state index contributed by atoms with van der Waals surface area (Å²) in [6.07, 6.45) is 3.87. The van der Waals surface area contributed by atoms with E-state index in [1.54, 1.807) is 0 Å². The molecule has 24 heavy (non-hydrogen) atoms. The van der Waals surface area contributed by atoms with E-state index in [-0.39, 0.29) is 6.10 Å². The first-order chi connectivity index (χ1) is 11.7. The molecule has 3 fully saturated rings. The lowest BCUT2D eigenvalue weighted by Crippen LogP contribution is -2.53. The molecule has 0 radical (unpaired) electrons. The third-order valence-electron chi connectivity index (χ3n) is 5.90. The first-order valence-electron chi connectivity index (χ1n) is 9.84. The van der Waals surface area contributed by atoms with Gasteiger partial charge in [-0.2, -0.15) is 0 Å². The van der Waals surface area contributed by atoms with E-state index in [0.717, 1.165) is 71.6 Å². The molecule has 0 amide bonds. The van der Waals surface area contributed by atoms with Crippen LogP contribution >= 0.6 is 0 Å². The minimum absolute atomic E-state index is 0.237. The summed E-state index contributed by atoms with van der Waals surface area (Å²) < 4.78 is 5.37. The van der Waals surface area contributed by atoms with Crippen LogP contribution in [0.15, 0.2) is 0 Å². The molecule has 0 bridgehead atoms. The van der Waals surface area contributed by atoms with Gasteiger partial charge in [0, 0.05) is 64.9 Å². The maximum absolute atomic E-state index is 10.4. The van der Waals surface area contributed by atoms with Crippen molar-refractivity contribution in [2.45, 2.75) is 31.4 Å². The largest absolute Gasteiger partial charge is 0.390 e. The molecule has 3 heterocycles. The van der Waals surface area contributed by atoms with E-state index in [1.807, 2.05) is 0 Å². The Kier molecular flexibility index (Phi) is 7.31. The molecule has 6 nitrogen and oxygen atoms in total. The Morgan fingerprint density at radius 1 is 0.875 bits per heavy atom. The lowest BCUT2D eigenvalue weighted by molar-refractivity contribution is 0.00109. The topological polar surface area (TPSA) is 42.4 Å². The number of hydrogen-bond acceptors (Lipinski definition) is 6. The Labute approximate surface area is 147 Å². The molecule has 0 saturated carbocycles. The number of piperidine rings is 1. The van der Waals surface area contributed by atoms with E-state index in [4.69, 9.17) is 4.74 Å². The van der Waals surface area contributed by atoms with Gasteiger partial charge in [-0.05, 0) is 26.4 Å².